The molecule has 0 radical (unpaired) electrons. The van der Waals surface area contributed by atoms with Crippen LogP contribution in [0.2, 0.25) is 0 Å². The lowest BCUT2D eigenvalue weighted by molar-refractivity contribution is -0.235. The van der Waals surface area contributed by atoms with Crippen molar-refractivity contribution in [3.8, 4) is 0 Å². The second-order valence-electron chi connectivity index (χ2n) is 15.2. The van der Waals surface area contributed by atoms with Gasteiger partial charge in [-0.3, -0.25) is 4.79 Å². The molecule has 0 aromatic carbocycles. The molecule has 0 aromatic heterocycles. The zero-order chi connectivity index (χ0) is 25.6. The number of rotatable bonds is 1. The van der Waals surface area contributed by atoms with Crippen LogP contribution in [0.1, 0.15) is 92.9 Å². The first-order chi connectivity index (χ1) is 16.1. The van der Waals surface area contributed by atoms with Crippen molar-refractivity contribution in [2.75, 3.05) is 0 Å². The lowest BCUT2D eigenvalue weighted by Crippen LogP contribution is -2.67. The zero-order valence-electron chi connectivity index (χ0n) is 22.5. The van der Waals surface area contributed by atoms with E-state index in [1.165, 1.54) is 0 Å². The average molecular weight is 487 g/mol. The Labute approximate surface area is 210 Å². The maximum atomic E-state index is 12.9. The zero-order valence-corrected chi connectivity index (χ0v) is 22.5. The number of carboxylic acids is 1. The van der Waals surface area contributed by atoms with Crippen LogP contribution in [0, 0.1) is 56.2 Å². The van der Waals surface area contributed by atoms with Gasteiger partial charge in [-0.1, -0.05) is 46.8 Å². The van der Waals surface area contributed by atoms with Crippen molar-refractivity contribution >= 4 is 5.97 Å². The van der Waals surface area contributed by atoms with Gasteiger partial charge in [0.15, 0.2) is 0 Å². The van der Waals surface area contributed by atoms with Crippen molar-refractivity contribution in [2.24, 2.45) is 56.2 Å². The summed E-state index contributed by atoms with van der Waals surface area (Å²) in [6.07, 6.45) is 9.97. The van der Waals surface area contributed by atoms with Crippen molar-refractivity contribution in [3.63, 3.8) is 0 Å². The number of fused-ring (bicyclic) bond motifs is 4. The van der Waals surface area contributed by atoms with Crippen LogP contribution < -0.4 is 0 Å². The predicted octanol–water partition coefficient (Wildman–Crippen LogP) is 4.79. The minimum Gasteiger partial charge on any atom is -0.481 e. The fourth-order valence-electron chi connectivity index (χ4n) is 12.2. The largest absolute Gasteiger partial charge is 0.481 e. The number of aliphatic carboxylic acids is 1. The molecule has 5 nitrogen and oxygen atoms in total. The van der Waals surface area contributed by atoms with Crippen LogP contribution >= 0.6 is 0 Å². The van der Waals surface area contributed by atoms with Crippen molar-refractivity contribution < 1.29 is 25.2 Å². The van der Waals surface area contributed by atoms with Crippen LogP contribution in [0.4, 0.5) is 0 Å². The molecule has 6 rings (SSSR count). The molecule has 12 unspecified atom stereocenters. The van der Waals surface area contributed by atoms with Gasteiger partial charge in [0.25, 0.3) is 0 Å². The van der Waals surface area contributed by atoms with Crippen molar-refractivity contribution in [1.82, 2.24) is 0 Å². The highest BCUT2D eigenvalue weighted by atomic mass is 16.4. The first-order valence-electron chi connectivity index (χ1n) is 14.1. The number of carbonyl (C=O) groups is 1. The summed E-state index contributed by atoms with van der Waals surface area (Å²) in [6, 6.07) is 0. The molecule has 12 atom stereocenters. The topological polar surface area (TPSA) is 98.0 Å². The van der Waals surface area contributed by atoms with Crippen LogP contribution in [0.5, 0.6) is 0 Å². The first kappa shape index (κ1) is 24.4. The summed E-state index contributed by atoms with van der Waals surface area (Å²) < 4.78 is 0. The monoisotopic (exact) mass is 486 g/mol. The molecule has 5 fully saturated rings. The number of carboxylic acid groups (broad SMARTS) is 1. The van der Waals surface area contributed by atoms with Gasteiger partial charge >= 0.3 is 5.97 Å². The molecule has 196 valence electrons. The molecular formula is C30H46O5. The van der Waals surface area contributed by atoms with Crippen molar-refractivity contribution in [1.29, 1.82) is 0 Å². The van der Waals surface area contributed by atoms with E-state index >= 15 is 0 Å². The highest BCUT2D eigenvalue weighted by Gasteiger charge is 2.86. The second kappa shape index (κ2) is 6.56. The Morgan fingerprint density at radius 1 is 0.971 bits per heavy atom. The van der Waals surface area contributed by atoms with Gasteiger partial charge in [-0.15, -0.1) is 0 Å². The normalized spacial score (nSPS) is 62.0. The van der Waals surface area contributed by atoms with Gasteiger partial charge in [-0.05, 0) is 97.7 Å². The lowest BCUT2D eigenvalue weighted by Gasteiger charge is -2.69. The molecule has 0 spiro atoms. The summed E-state index contributed by atoms with van der Waals surface area (Å²) in [4.78, 5) is 12.9. The van der Waals surface area contributed by atoms with Crippen LogP contribution in [0.3, 0.4) is 0 Å². The molecule has 0 bridgehead atoms. The predicted molar refractivity (Wildman–Crippen MR) is 133 cm³/mol. The molecule has 35 heavy (non-hydrogen) atoms. The summed E-state index contributed by atoms with van der Waals surface area (Å²) >= 11 is 0. The Hall–Kier alpha value is -0.910. The highest BCUT2D eigenvalue weighted by molar-refractivity contribution is 5.77. The van der Waals surface area contributed by atoms with E-state index in [9.17, 15) is 25.2 Å². The van der Waals surface area contributed by atoms with E-state index in [2.05, 4.69) is 46.8 Å². The van der Waals surface area contributed by atoms with Gasteiger partial charge in [-0.25, -0.2) is 0 Å². The molecule has 0 aromatic rings. The van der Waals surface area contributed by atoms with E-state index in [-0.39, 0.29) is 44.8 Å². The van der Waals surface area contributed by atoms with E-state index in [0.717, 1.165) is 32.1 Å². The highest BCUT2D eigenvalue weighted by Crippen LogP contribution is 2.90. The number of hydrogen-bond donors (Lipinski definition) is 4. The number of hydrogen-bond acceptors (Lipinski definition) is 4. The van der Waals surface area contributed by atoms with Crippen LogP contribution in [-0.2, 0) is 4.79 Å². The molecule has 0 amide bonds. The third kappa shape index (κ3) is 2.41. The van der Waals surface area contributed by atoms with E-state index in [1.54, 1.807) is 0 Å². The van der Waals surface area contributed by atoms with Crippen LogP contribution in [0.15, 0.2) is 12.2 Å². The summed E-state index contributed by atoms with van der Waals surface area (Å²) in [5.41, 5.74) is -2.61. The first-order valence-corrected chi connectivity index (χ1v) is 14.1. The van der Waals surface area contributed by atoms with E-state index in [4.69, 9.17) is 0 Å². The fourth-order valence-corrected chi connectivity index (χ4v) is 12.2. The van der Waals surface area contributed by atoms with Crippen LogP contribution in [0.25, 0.3) is 0 Å². The van der Waals surface area contributed by atoms with Gasteiger partial charge in [-0.2, -0.15) is 0 Å². The third-order valence-corrected chi connectivity index (χ3v) is 14.0. The standard InChI is InChI=1S/C30H46O5/c1-17-7-11-28(23(33)34)13-14-30-16-29(30,22(28)27(17,6)35)12-9-20-25(4)15-18(31)21(32)24(2,3)19(25)8-10-26(20,30)5/h9,12,17-22,31-32,35H,7-8,10-11,13-16H2,1-6H3,(H,33,34). The minimum atomic E-state index is -1.01. The van der Waals surface area contributed by atoms with Gasteiger partial charge in [0.05, 0.1) is 23.2 Å². The molecule has 6 aliphatic rings. The second-order valence-corrected chi connectivity index (χ2v) is 15.2. The molecule has 6 aliphatic carbocycles. The molecule has 0 saturated heterocycles. The summed E-state index contributed by atoms with van der Waals surface area (Å²) in [5, 5.41) is 44.4. The maximum Gasteiger partial charge on any atom is 0.310 e. The summed E-state index contributed by atoms with van der Waals surface area (Å²) in [6.45, 7) is 13.1. The molecule has 4 N–H and O–H groups in total. The number of aliphatic hydroxyl groups excluding tert-OH is 2. The summed E-state index contributed by atoms with van der Waals surface area (Å²) in [7, 11) is 0. The average Bonchev–Trinajstić information content (AvgIpc) is 3.45. The molecule has 5 saturated carbocycles. The molecule has 0 heterocycles. The van der Waals surface area contributed by atoms with Crippen molar-refractivity contribution in [3.05, 3.63) is 12.2 Å². The van der Waals surface area contributed by atoms with Gasteiger partial charge in [0.2, 0.25) is 0 Å². The summed E-state index contributed by atoms with van der Waals surface area (Å²) in [5.74, 6) is -0.319. The van der Waals surface area contributed by atoms with Gasteiger partial charge < -0.3 is 20.4 Å². The molecule has 5 heteroatoms. The van der Waals surface area contributed by atoms with Gasteiger partial charge in [0, 0.05) is 11.3 Å². The quantitative estimate of drug-likeness (QED) is 0.400. The lowest BCUT2D eigenvalue weighted by atomic mass is 9.36. The van der Waals surface area contributed by atoms with Gasteiger partial charge in [0.1, 0.15) is 0 Å². The smallest absolute Gasteiger partial charge is 0.310 e. The number of aliphatic hydroxyl groups is 3. The van der Waals surface area contributed by atoms with E-state index in [0.29, 0.717) is 25.2 Å². The Morgan fingerprint density at radius 3 is 2.31 bits per heavy atom. The molecule has 0 aliphatic heterocycles. The Balaban J connectivity index is 1.50. The minimum absolute atomic E-state index is 0.00320. The Bertz CT molecular complexity index is 1000. The third-order valence-electron chi connectivity index (χ3n) is 14.0. The Kier molecular flexibility index (Phi) is 4.58. The van der Waals surface area contributed by atoms with Crippen molar-refractivity contribution in [2.45, 2.75) is 111 Å². The van der Waals surface area contributed by atoms with E-state index < -0.39 is 29.2 Å². The van der Waals surface area contributed by atoms with E-state index in [1.807, 2.05) is 6.92 Å². The number of allylic oxidation sites excluding steroid dienone is 2. The molecular weight excluding hydrogens is 440 g/mol. The fraction of sp³-hybridized carbons (Fsp3) is 0.900. The maximum absolute atomic E-state index is 12.9. The Morgan fingerprint density at radius 2 is 1.66 bits per heavy atom. The SMILES string of the molecule is CC1CCC2(C(=O)O)CCC34CC3(C=CC3C5(C)CC(O)C(O)C(C)(C)C5CCC34C)C2C1(C)O. The van der Waals surface area contributed by atoms with Crippen LogP contribution in [-0.4, -0.2) is 44.2 Å².